The fraction of sp³-hybridized carbons (Fsp3) is 0.818. The largest absolute Gasteiger partial charge is 0.377 e. The van der Waals surface area contributed by atoms with Gasteiger partial charge in [-0.15, -0.1) is 6.58 Å². The average Bonchev–Trinajstić information content (AvgIpc) is 2.70. The highest BCUT2D eigenvalue weighted by Gasteiger charge is 2.27. The van der Waals surface area contributed by atoms with Crippen LogP contribution in [0.1, 0.15) is 19.8 Å². The number of nitrogens with one attached hydrogen (secondary N) is 1. The molecule has 0 aliphatic carbocycles. The van der Waals surface area contributed by atoms with Gasteiger partial charge in [-0.05, 0) is 19.8 Å². The Kier molecular flexibility index (Phi) is 5.44. The lowest BCUT2D eigenvalue weighted by molar-refractivity contribution is 0.127. The van der Waals surface area contributed by atoms with Gasteiger partial charge in [0.2, 0.25) is 0 Å². The Morgan fingerprint density at radius 1 is 1.62 bits per heavy atom. The van der Waals surface area contributed by atoms with Crippen molar-refractivity contribution in [1.29, 1.82) is 0 Å². The lowest BCUT2D eigenvalue weighted by atomic mass is 10.3. The van der Waals surface area contributed by atoms with E-state index in [4.69, 9.17) is 4.74 Å². The normalized spacial score (nSPS) is 23.2. The Balaban J connectivity index is 2.38. The van der Waals surface area contributed by atoms with E-state index in [-0.39, 0.29) is 17.1 Å². The maximum Gasteiger partial charge on any atom is 0.156 e. The van der Waals surface area contributed by atoms with Crippen LogP contribution >= 0.6 is 0 Å². The molecule has 4 nitrogen and oxygen atoms in total. The summed E-state index contributed by atoms with van der Waals surface area (Å²) in [5, 5.41) is 2.66. The predicted octanol–water partition coefficient (Wildman–Crippen LogP) is 0.744. The third kappa shape index (κ3) is 4.23. The van der Waals surface area contributed by atoms with Gasteiger partial charge in [0.05, 0.1) is 17.1 Å². The first kappa shape index (κ1) is 13.7. The number of hydrogen-bond donors (Lipinski definition) is 1. The zero-order valence-electron chi connectivity index (χ0n) is 9.81. The summed E-state index contributed by atoms with van der Waals surface area (Å²) < 4.78 is 29.2. The molecule has 2 unspecified atom stereocenters. The highest BCUT2D eigenvalue weighted by atomic mass is 32.2. The Bertz CT molecular complexity index is 307. The van der Waals surface area contributed by atoms with Crippen LogP contribution in [0.15, 0.2) is 12.7 Å². The number of sulfone groups is 1. The molecule has 1 heterocycles. The van der Waals surface area contributed by atoms with E-state index in [2.05, 4.69) is 11.9 Å². The van der Waals surface area contributed by atoms with E-state index < -0.39 is 9.84 Å². The first-order valence-electron chi connectivity index (χ1n) is 5.71. The maximum atomic E-state index is 11.9. The molecular weight excluding hydrogens is 226 g/mol. The molecule has 1 saturated heterocycles. The van der Waals surface area contributed by atoms with Crippen molar-refractivity contribution < 1.29 is 13.2 Å². The third-order valence-corrected chi connectivity index (χ3v) is 5.00. The molecule has 0 aromatic heterocycles. The van der Waals surface area contributed by atoms with E-state index in [0.29, 0.717) is 19.7 Å². The van der Waals surface area contributed by atoms with Crippen molar-refractivity contribution in [2.75, 3.05) is 25.4 Å². The summed E-state index contributed by atoms with van der Waals surface area (Å²) >= 11 is 0. The van der Waals surface area contributed by atoms with Gasteiger partial charge in [-0.2, -0.15) is 0 Å². The minimum Gasteiger partial charge on any atom is -0.377 e. The van der Waals surface area contributed by atoms with Crippen LogP contribution in [0.3, 0.4) is 0 Å². The molecule has 0 spiro atoms. The Hall–Kier alpha value is -0.390. The van der Waals surface area contributed by atoms with E-state index in [9.17, 15) is 8.42 Å². The molecule has 1 aliphatic heterocycles. The zero-order valence-corrected chi connectivity index (χ0v) is 10.6. The van der Waals surface area contributed by atoms with Crippen LogP contribution < -0.4 is 5.32 Å². The van der Waals surface area contributed by atoms with E-state index in [1.54, 1.807) is 13.0 Å². The van der Waals surface area contributed by atoms with Gasteiger partial charge in [-0.1, -0.05) is 6.08 Å². The summed E-state index contributed by atoms with van der Waals surface area (Å²) in [6, 6.07) is 0. The minimum atomic E-state index is -3.05. The van der Waals surface area contributed by atoms with Crippen LogP contribution in [0, 0.1) is 0 Å². The second-order valence-corrected chi connectivity index (χ2v) is 6.69. The first-order valence-corrected chi connectivity index (χ1v) is 7.42. The van der Waals surface area contributed by atoms with Gasteiger partial charge in [0.1, 0.15) is 0 Å². The van der Waals surface area contributed by atoms with Crippen molar-refractivity contribution in [3.8, 4) is 0 Å². The smallest absolute Gasteiger partial charge is 0.156 e. The Labute approximate surface area is 98.0 Å². The third-order valence-electron chi connectivity index (χ3n) is 2.78. The maximum absolute atomic E-state index is 11.9. The van der Waals surface area contributed by atoms with Crippen LogP contribution in [0.5, 0.6) is 0 Å². The van der Waals surface area contributed by atoms with Gasteiger partial charge < -0.3 is 10.1 Å². The monoisotopic (exact) mass is 247 g/mol. The highest BCUT2D eigenvalue weighted by Crippen LogP contribution is 2.16. The lowest BCUT2D eigenvalue weighted by Gasteiger charge is -2.16. The summed E-state index contributed by atoms with van der Waals surface area (Å²) in [6.07, 6.45) is 3.47. The molecule has 1 fully saturated rings. The number of ether oxygens (including phenoxy) is 1. The topological polar surface area (TPSA) is 55.4 Å². The van der Waals surface area contributed by atoms with Crippen LogP contribution in [0.25, 0.3) is 0 Å². The molecule has 2 atom stereocenters. The summed E-state index contributed by atoms with van der Waals surface area (Å²) in [5.41, 5.74) is 0. The van der Waals surface area contributed by atoms with E-state index >= 15 is 0 Å². The van der Waals surface area contributed by atoms with Crippen molar-refractivity contribution in [1.82, 2.24) is 5.32 Å². The van der Waals surface area contributed by atoms with E-state index in [1.165, 1.54) is 0 Å². The first-order chi connectivity index (χ1) is 7.56. The fourth-order valence-electron chi connectivity index (χ4n) is 1.71. The molecular formula is C11H21NO3S. The average molecular weight is 247 g/mol. The van der Waals surface area contributed by atoms with Crippen molar-refractivity contribution in [3.63, 3.8) is 0 Å². The highest BCUT2D eigenvalue weighted by molar-refractivity contribution is 7.92. The van der Waals surface area contributed by atoms with Gasteiger partial charge in [0, 0.05) is 19.7 Å². The second-order valence-electron chi connectivity index (χ2n) is 4.22. The molecule has 94 valence electrons. The molecule has 0 aromatic rings. The molecule has 1 N–H and O–H groups in total. The van der Waals surface area contributed by atoms with Gasteiger partial charge in [0.25, 0.3) is 0 Å². The summed E-state index contributed by atoms with van der Waals surface area (Å²) in [7, 11) is -3.05. The molecule has 0 amide bonds. The quantitative estimate of drug-likeness (QED) is 0.533. The summed E-state index contributed by atoms with van der Waals surface area (Å²) in [4.78, 5) is 0. The van der Waals surface area contributed by atoms with E-state index in [0.717, 1.165) is 12.8 Å². The lowest BCUT2D eigenvalue weighted by Crippen LogP contribution is -2.35. The molecule has 5 heteroatoms. The second kappa shape index (κ2) is 6.37. The van der Waals surface area contributed by atoms with Crippen LogP contribution in [0.4, 0.5) is 0 Å². The van der Waals surface area contributed by atoms with Crippen LogP contribution in [-0.2, 0) is 14.6 Å². The molecule has 0 aromatic carbocycles. The van der Waals surface area contributed by atoms with Gasteiger partial charge >= 0.3 is 0 Å². The van der Waals surface area contributed by atoms with Crippen molar-refractivity contribution >= 4 is 9.84 Å². The summed E-state index contributed by atoms with van der Waals surface area (Å²) in [6.45, 7) is 7.12. The Morgan fingerprint density at radius 2 is 2.38 bits per heavy atom. The van der Waals surface area contributed by atoms with Crippen molar-refractivity contribution in [2.45, 2.75) is 31.1 Å². The van der Waals surface area contributed by atoms with Crippen molar-refractivity contribution in [2.24, 2.45) is 0 Å². The predicted molar refractivity (Wildman–Crippen MR) is 65.3 cm³/mol. The van der Waals surface area contributed by atoms with Gasteiger partial charge in [0.15, 0.2) is 9.84 Å². The van der Waals surface area contributed by atoms with Crippen LogP contribution in [0.2, 0.25) is 0 Å². The van der Waals surface area contributed by atoms with Gasteiger partial charge in [-0.25, -0.2) is 8.42 Å². The number of hydrogen-bond acceptors (Lipinski definition) is 4. The molecule has 0 saturated carbocycles. The minimum absolute atomic E-state index is 0.0909. The zero-order chi connectivity index (χ0) is 12.0. The summed E-state index contributed by atoms with van der Waals surface area (Å²) in [5.74, 6) is 0.157. The SMILES string of the molecule is C=CCNCC(C)S(=O)(=O)CC1CCCO1. The van der Waals surface area contributed by atoms with Gasteiger partial charge in [-0.3, -0.25) is 0 Å². The fourth-order valence-corrected chi connectivity index (χ4v) is 3.20. The van der Waals surface area contributed by atoms with E-state index in [1.807, 2.05) is 0 Å². The molecule has 0 radical (unpaired) electrons. The molecule has 1 aliphatic rings. The number of rotatable bonds is 7. The van der Waals surface area contributed by atoms with Crippen molar-refractivity contribution in [3.05, 3.63) is 12.7 Å². The molecule has 16 heavy (non-hydrogen) atoms. The van der Waals surface area contributed by atoms with Crippen LogP contribution in [-0.4, -0.2) is 45.2 Å². The Morgan fingerprint density at radius 3 is 2.94 bits per heavy atom. The molecule has 0 bridgehead atoms. The standard InChI is InChI=1S/C11H21NO3S/c1-3-6-12-8-10(2)16(13,14)9-11-5-4-7-15-11/h3,10-12H,1,4-9H2,2H3. The molecule has 1 rings (SSSR count).